The molecule has 0 aromatic heterocycles. The van der Waals surface area contributed by atoms with E-state index >= 15 is 0 Å². The molecular weight excluding hydrogens is 324 g/mol. The maximum absolute atomic E-state index is 12.5. The van der Waals surface area contributed by atoms with E-state index in [4.69, 9.17) is 0 Å². The van der Waals surface area contributed by atoms with Crippen LogP contribution in [0.3, 0.4) is 0 Å². The molecule has 24 heavy (non-hydrogen) atoms. The van der Waals surface area contributed by atoms with Gasteiger partial charge in [-0.05, 0) is 35.8 Å². The molecule has 1 aliphatic rings. The molecule has 0 saturated heterocycles. The smallest absolute Gasteiger partial charge is 0.239 e. The predicted molar refractivity (Wildman–Crippen MR) is 97.8 cm³/mol. The zero-order valence-corrected chi connectivity index (χ0v) is 16.0. The summed E-state index contributed by atoms with van der Waals surface area (Å²) in [5, 5.41) is 2.98. The Morgan fingerprint density at radius 2 is 1.67 bits per heavy atom. The summed E-state index contributed by atoms with van der Waals surface area (Å²) >= 11 is 0. The standard InChI is InChI=1S/C18H28N2O3S/c1-12(2)15-7-6-8-16(13(3)4)18(15)19-17(21)11-20(14-9-10-14)24(5,22)23/h6-8,12-14H,9-11H2,1-5H3,(H,19,21). The minimum Gasteiger partial charge on any atom is -0.324 e. The molecule has 0 aliphatic heterocycles. The summed E-state index contributed by atoms with van der Waals surface area (Å²) in [7, 11) is -3.37. The van der Waals surface area contributed by atoms with E-state index in [1.54, 1.807) is 0 Å². The second-order valence-corrected chi connectivity index (χ2v) is 9.14. The van der Waals surface area contributed by atoms with Crippen molar-refractivity contribution in [2.75, 3.05) is 18.1 Å². The fourth-order valence-electron chi connectivity index (χ4n) is 2.90. The molecule has 6 heteroatoms. The number of nitrogens with one attached hydrogen (secondary N) is 1. The number of nitrogens with zero attached hydrogens (tertiary/aromatic N) is 1. The lowest BCUT2D eigenvalue weighted by Crippen LogP contribution is -2.39. The van der Waals surface area contributed by atoms with Crippen molar-refractivity contribution in [1.82, 2.24) is 4.31 Å². The Morgan fingerprint density at radius 1 is 1.17 bits per heavy atom. The summed E-state index contributed by atoms with van der Waals surface area (Å²) < 4.78 is 25.1. The highest BCUT2D eigenvalue weighted by Crippen LogP contribution is 2.33. The second-order valence-electron chi connectivity index (χ2n) is 7.21. The highest BCUT2D eigenvalue weighted by Gasteiger charge is 2.36. The largest absolute Gasteiger partial charge is 0.324 e. The second kappa shape index (κ2) is 7.23. The third-order valence-electron chi connectivity index (χ3n) is 4.32. The lowest BCUT2D eigenvalue weighted by Gasteiger charge is -2.22. The predicted octanol–water partition coefficient (Wildman–Crippen LogP) is 3.30. The van der Waals surface area contributed by atoms with Gasteiger partial charge in [-0.2, -0.15) is 4.31 Å². The Morgan fingerprint density at radius 3 is 2.04 bits per heavy atom. The van der Waals surface area contributed by atoms with Gasteiger partial charge in [0.25, 0.3) is 0 Å². The molecule has 0 atom stereocenters. The minimum absolute atomic E-state index is 0.0179. The van der Waals surface area contributed by atoms with Crippen molar-refractivity contribution in [2.24, 2.45) is 0 Å². The van der Waals surface area contributed by atoms with Gasteiger partial charge in [-0.15, -0.1) is 0 Å². The van der Waals surface area contributed by atoms with Gasteiger partial charge in [0, 0.05) is 11.7 Å². The van der Waals surface area contributed by atoms with E-state index < -0.39 is 10.0 Å². The molecule has 1 aliphatic carbocycles. The lowest BCUT2D eigenvalue weighted by molar-refractivity contribution is -0.116. The molecule has 1 aromatic rings. The van der Waals surface area contributed by atoms with Crippen LogP contribution in [0.5, 0.6) is 0 Å². The van der Waals surface area contributed by atoms with Gasteiger partial charge in [0.15, 0.2) is 0 Å². The normalized spacial score (nSPS) is 15.3. The highest BCUT2D eigenvalue weighted by atomic mass is 32.2. The average molecular weight is 353 g/mol. The van der Waals surface area contributed by atoms with Crippen LogP contribution in [0.4, 0.5) is 5.69 Å². The highest BCUT2D eigenvalue weighted by molar-refractivity contribution is 7.88. The number of sulfonamides is 1. The summed E-state index contributed by atoms with van der Waals surface area (Å²) in [6.45, 7) is 8.22. The Hall–Kier alpha value is -1.40. The number of para-hydroxylation sites is 1. The fourth-order valence-corrected chi connectivity index (χ4v) is 4.00. The summed E-state index contributed by atoms with van der Waals surface area (Å²) in [5.41, 5.74) is 2.98. The van der Waals surface area contributed by atoms with Crippen LogP contribution in [0.1, 0.15) is 63.5 Å². The first kappa shape index (κ1) is 18.9. The molecule has 134 valence electrons. The van der Waals surface area contributed by atoms with Crippen molar-refractivity contribution in [1.29, 1.82) is 0 Å². The van der Waals surface area contributed by atoms with Crippen molar-refractivity contribution in [3.63, 3.8) is 0 Å². The topological polar surface area (TPSA) is 66.5 Å². The van der Waals surface area contributed by atoms with E-state index in [1.807, 2.05) is 18.2 Å². The number of amides is 1. The number of hydrogen-bond donors (Lipinski definition) is 1. The molecule has 5 nitrogen and oxygen atoms in total. The van der Waals surface area contributed by atoms with Crippen LogP contribution in [-0.2, 0) is 14.8 Å². The number of hydrogen-bond acceptors (Lipinski definition) is 3. The first-order valence-electron chi connectivity index (χ1n) is 8.50. The number of rotatable bonds is 7. The van der Waals surface area contributed by atoms with E-state index in [9.17, 15) is 13.2 Å². The Labute approximate surface area is 145 Å². The molecule has 2 rings (SSSR count). The lowest BCUT2D eigenvalue weighted by atomic mass is 9.92. The van der Waals surface area contributed by atoms with Crippen LogP contribution >= 0.6 is 0 Å². The summed E-state index contributed by atoms with van der Waals surface area (Å²) in [6.07, 6.45) is 2.83. The number of carbonyl (C=O) groups is 1. The molecule has 1 fully saturated rings. The van der Waals surface area contributed by atoms with Gasteiger partial charge in [-0.1, -0.05) is 45.9 Å². The third-order valence-corrected chi connectivity index (χ3v) is 5.60. The third kappa shape index (κ3) is 4.57. The average Bonchev–Trinajstić information content (AvgIpc) is 3.27. The summed E-state index contributed by atoms with van der Waals surface area (Å²) in [6, 6.07) is 6.02. The maximum atomic E-state index is 12.5. The number of benzene rings is 1. The van der Waals surface area contributed by atoms with E-state index in [0.717, 1.165) is 29.7 Å². The Kier molecular flexibility index (Phi) is 5.71. The SMILES string of the molecule is CC(C)c1cccc(C(C)C)c1NC(=O)CN(C1CC1)S(C)(=O)=O. The number of anilines is 1. The molecule has 0 spiro atoms. The van der Waals surface area contributed by atoms with Crippen molar-refractivity contribution in [2.45, 2.75) is 58.4 Å². The molecule has 0 radical (unpaired) electrons. The van der Waals surface area contributed by atoms with Gasteiger partial charge in [0.05, 0.1) is 12.8 Å². The molecule has 1 saturated carbocycles. The zero-order valence-electron chi connectivity index (χ0n) is 15.2. The molecule has 1 N–H and O–H groups in total. The first-order chi connectivity index (χ1) is 11.1. The van der Waals surface area contributed by atoms with Crippen LogP contribution in [0.15, 0.2) is 18.2 Å². The molecule has 0 heterocycles. The van der Waals surface area contributed by atoms with Crippen LogP contribution in [0.2, 0.25) is 0 Å². The molecule has 1 amide bonds. The van der Waals surface area contributed by atoms with Crippen molar-refractivity contribution in [3.8, 4) is 0 Å². The van der Waals surface area contributed by atoms with Crippen LogP contribution < -0.4 is 5.32 Å². The quantitative estimate of drug-likeness (QED) is 0.819. The van der Waals surface area contributed by atoms with Crippen molar-refractivity contribution in [3.05, 3.63) is 29.3 Å². The molecular formula is C18H28N2O3S. The van der Waals surface area contributed by atoms with Gasteiger partial charge in [0.2, 0.25) is 15.9 Å². The van der Waals surface area contributed by atoms with Crippen molar-refractivity contribution < 1.29 is 13.2 Å². The van der Waals surface area contributed by atoms with E-state index in [1.165, 1.54) is 10.6 Å². The minimum atomic E-state index is -3.37. The molecule has 0 unspecified atom stereocenters. The van der Waals surface area contributed by atoms with Gasteiger partial charge in [-0.25, -0.2) is 8.42 Å². The van der Waals surface area contributed by atoms with Gasteiger partial charge in [0.1, 0.15) is 0 Å². The Bertz CT molecular complexity index is 681. The fraction of sp³-hybridized carbons (Fsp3) is 0.611. The molecule has 0 bridgehead atoms. The maximum Gasteiger partial charge on any atom is 0.239 e. The zero-order chi connectivity index (χ0) is 18.1. The van der Waals surface area contributed by atoms with Crippen LogP contribution in [-0.4, -0.2) is 37.5 Å². The first-order valence-corrected chi connectivity index (χ1v) is 10.4. The summed E-state index contributed by atoms with van der Waals surface area (Å²) in [5.74, 6) is 0.268. The van der Waals surface area contributed by atoms with E-state index in [0.29, 0.717) is 0 Å². The molecule has 1 aromatic carbocycles. The number of carbonyl (C=O) groups excluding carboxylic acids is 1. The van der Waals surface area contributed by atoms with E-state index in [-0.39, 0.29) is 30.3 Å². The monoisotopic (exact) mass is 352 g/mol. The summed E-state index contributed by atoms with van der Waals surface area (Å²) in [4.78, 5) is 12.5. The van der Waals surface area contributed by atoms with Gasteiger partial charge in [-0.3, -0.25) is 4.79 Å². The van der Waals surface area contributed by atoms with Crippen LogP contribution in [0, 0.1) is 0 Å². The van der Waals surface area contributed by atoms with Gasteiger partial charge < -0.3 is 5.32 Å². The Balaban J connectivity index is 2.25. The van der Waals surface area contributed by atoms with Crippen LogP contribution in [0.25, 0.3) is 0 Å². The van der Waals surface area contributed by atoms with Crippen molar-refractivity contribution >= 4 is 21.6 Å². The van der Waals surface area contributed by atoms with E-state index in [2.05, 4.69) is 33.0 Å². The van der Waals surface area contributed by atoms with Gasteiger partial charge >= 0.3 is 0 Å².